The van der Waals surface area contributed by atoms with Gasteiger partial charge in [-0.05, 0) is 25.7 Å². The molecular formula is C8H15F2NO. The summed E-state index contributed by atoms with van der Waals surface area (Å²) in [6.45, 7) is -0.531. The molecule has 4 heteroatoms. The lowest BCUT2D eigenvalue weighted by molar-refractivity contribution is -0.103. The highest BCUT2D eigenvalue weighted by molar-refractivity contribution is 4.77. The normalized spacial score (nSPS) is 23.0. The average Bonchev–Trinajstić information content (AvgIpc) is 2.03. The largest absolute Gasteiger partial charge is 0.355 e. The third-order valence-corrected chi connectivity index (χ3v) is 2.20. The molecule has 0 unspecified atom stereocenters. The van der Waals surface area contributed by atoms with Gasteiger partial charge in [-0.25, -0.2) is 8.78 Å². The zero-order valence-corrected chi connectivity index (χ0v) is 7.06. The molecule has 1 fully saturated rings. The van der Waals surface area contributed by atoms with Gasteiger partial charge in [-0.1, -0.05) is 6.42 Å². The highest BCUT2D eigenvalue weighted by atomic mass is 19.3. The summed E-state index contributed by atoms with van der Waals surface area (Å²) in [5, 5.41) is 0. The number of ether oxygens (including phenoxy) is 1. The van der Waals surface area contributed by atoms with E-state index in [1.165, 1.54) is 0 Å². The van der Waals surface area contributed by atoms with Gasteiger partial charge in [-0.15, -0.1) is 0 Å². The first-order chi connectivity index (χ1) is 5.62. The first-order valence-electron chi connectivity index (χ1n) is 4.33. The van der Waals surface area contributed by atoms with Crippen LogP contribution in [0.5, 0.6) is 0 Å². The molecule has 0 radical (unpaired) electrons. The van der Waals surface area contributed by atoms with Crippen molar-refractivity contribution in [2.24, 2.45) is 5.73 Å². The molecule has 0 atom stereocenters. The number of halogens is 2. The van der Waals surface area contributed by atoms with E-state index >= 15 is 0 Å². The molecule has 0 heterocycles. The van der Waals surface area contributed by atoms with Crippen molar-refractivity contribution in [1.29, 1.82) is 0 Å². The van der Waals surface area contributed by atoms with E-state index in [-0.39, 0.29) is 0 Å². The van der Waals surface area contributed by atoms with Gasteiger partial charge in [0.2, 0.25) is 0 Å². The summed E-state index contributed by atoms with van der Waals surface area (Å²) >= 11 is 0. The summed E-state index contributed by atoms with van der Waals surface area (Å²) in [5.41, 5.74) is 4.98. The predicted molar refractivity (Wildman–Crippen MR) is 42.0 cm³/mol. The average molecular weight is 179 g/mol. The molecule has 1 saturated carbocycles. The highest BCUT2D eigenvalue weighted by Crippen LogP contribution is 2.27. The van der Waals surface area contributed by atoms with Gasteiger partial charge in [0.25, 0.3) is 6.43 Å². The third-order valence-electron chi connectivity index (χ3n) is 2.20. The molecular weight excluding hydrogens is 164 g/mol. The van der Waals surface area contributed by atoms with Crippen molar-refractivity contribution in [3.8, 4) is 0 Å². The van der Waals surface area contributed by atoms with Crippen molar-refractivity contribution < 1.29 is 13.5 Å². The Morgan fingerprint density at radius 2 is 1.83 bits per heavy atom. The SMILES string of the molecule is NC1(OCC(F)F)CCCCC1. The Balaban J connectivity index is 2.26. The van der Waals surface area contributed by atoms with E-state index in [9.17, 15) is 8.78 Å². The Kier molecular flexibility index (Phi) is 3.40. The lowest BCUT2D eigenvalue weighted by Crippen LogP contribution is -2.45. The maximum atomic E-state index is 11.8. The van der Waals surface area contributed by atoms with Gasteiger partial charge in [0.15, 0.2) is 0 Å². The van der Waals surface area contributed by atoms with E-state index in [0.717, 1.165) is 19.3 Å². The summed E-state index contributed by atoms with van der Waals surface area (Å²) in [7, 11) is 0. The van der Waals surface area contributed by atoms with Crippen LogP contribution in [0.15, 0.2) is 0 Å². The van der Waals surface area contributed by atoms with Crippen LogP contribution in [0.4, 0.5) is 8.78 Å². The Hall–Kier alpha value is -0.220. The molecule has 0 saturated heterocycles. The number of hydrogen-bond donors (Lipinski definition) is 1. The van der Waals surface area contributed by atoms with Gasteiger partial charge in [-0.2, -0.15) is 0 Å². The van der Waals surface area contributed by atoms with Crippen LogP contribution in [0.2, 0.25) is 0 Å². The fourth-order valence-corrected chi connectivity index (χ4v) is 1.52. The summed E-state index contributed by atoms with van der Waals surface area (Å²) in [5.74, 6) is 0. The molecule has 1 aliphatic rings. The molecule has 72 valence electrons. The van der Waals surface area contributed by atoms with Crippen molar-refractivity contribution in [3.05, 3.63) is 0 Å². The van der Waals surface area contributed by atoms with Gasteiger partial charge in [0.05, 0.1) is 0 Å². The van der Waals surface area contributed by atoms with Crippen LogP contribution in [-0.4, -0.2) is 18.8 Å². The summed E-state index contributed by atoms with van der Waals surface area (Å²) in [6.07, 6.45) is 2.11. The topological polar surface area (TPSA) is 35.2 Å². The van der Waals surface area contributed by atoms with E-state index in [4.69, 9.17) is 10.5 Å². The van der Waals surface area contributed by atoms with Crippen molar-refractivity contribution in [2.75, 3.05) is 6.61 Å². The number of rotatable bonds is 3. The summed E-state index contributed by atoms with van der Waals surface area (Å²) < 4.78 is 28.5. The van der Waals surface area contributed by atoms with Crippen LogP contribution < -0.4 is 5.73 Å². The van der Waals surface area contributed by atoms with Crippen LogP contribution in [0.1, 0.15) is 32.1 Å². The van der Waals surface area contributed by atoms with Crippen LogP contribution in [-0.2, 0) is 4.74 Å². The molecule has 2 nitrogen and oxygen atoms in total. The quantitative estimate of drug-likeness (QED) is 0.671. The molecule has 0 amide bonds. The van der Waals surface area contributed by atoms with Crippen molar-refractivity contribution in [2.45, 2.75) is 44.3 Å². The Morgan fingerprint density at radius 3 is 2.33 bits per heavy atom. The van der Waals surface area contributed by atoms with Crippen LogP contribution in [0, 0.1) is 0 Å². The van der Waals surface area contributed by atoms with Crippen molar-refractivity contribution in [1.82, 2.24) is 0 Å². The number of hydrogen-bond acceptors (Lipinski definition) is 2. The van der Waals surface area contributed by atoms with E-state index in [1.807, 2.05) is 0 Å². The summed E-state index contributed by atoms with van der Waals surface area (Å²) in [4.78, 5) is 0. The van der Waals surface area contributed by atoms with E-state index in [2.05, 4.69) is 0 Å². The highest BCUT2D eigenvalue weighted by Gasteiger charge is 2.28. The molecule has 0 aromatic rings. The second-order valence-electron chi connectivity index (χ2n) is 3.33. The fraction of sp³-hybridized carbons (Fsp3) is 1.00. The standard InChI is InChI=1S/C8H15F2NO/c9-7(10)6-12-8(11)4-2-1-3-5-8/h7H,1-6,11H2. The van der Waals surface area contributed by atoms with E-state index in [1.54, 1.807) is 0 Å². The van der Waals surface area contributed by atoms with Crippen LogP contribution >= 0.6 is 0 Å². The zero-order valence-electron chi connectivity index (χ0n) is 7.06. The zero-order chi connectivity index (χ0) is 9.03. The first kappa shape index (κ1) is 9.86. The van der Waals surface area contributed by atoms with Crippen molar-refractivity contribution in [3.63, 3.8) is 0 Å². The molecule has 0 bridgehead atoms. The second kappa shape index (κ2) is 4.14. The maximum Gasteiger partial charge on any atom is 0.261 e. The van der Waals surface area contributed by atoms with Crippen LogP contribution in [0.25, 0.3) is 0 Å². The minimum absolute atomic E-state index is 0.531. The minimum Gasteiger partial charge on any atom is -0.355 e. The van der Waals surface area contributed by atoms with Crippen molar-refractivity contribution >= 4 is 0 Å². The molecule has 1 aliphatic carbocycles. The Bertz CT molecular complexity index is 135. The molecule has 0 aromatic carbocycles. The smallest absolute Gasteiger partial charge is 0.261 e. The van der Waals surface area contributed by atoms with E-state index in [0.29, 0.717) is 12.8 Å². The Labute approximate surface area is 71.1 Å². The minimum atomic E-state index is -2.41. The summed E-state index contributed by atoms with van der Waals surface area (Å²) in [6, 6.07) is 0. The van der Waals surface area contributed by atoms with Gasteiger partial charge in [-0.3, -0.25) is 0 Å². The maximum absolute atomic E-state index is 11.8. The van der Waals surface area contributed by atoms with Gasteiger partial charge >= 0.3 is 0 Å². The predicted octanol–water partition coefficient (Wildman–Crippen LogP) is 1.89. The third kappa shape index (κ3) is 3.03. The second-order valence-corrected chi connectivity index (χ2v) is 3.33. The molecule has 1 rings (SSSR count). The monoisotopic (exact) mass is 179 g/mol. The number of nitrogens with two attached hydrogens (primary N) is 1. The molecule has 2 N–H and O–H groups in total. The fourth-order valence-electron chi connectivity index (χ4n) is 1.52. The molecule has 0 aromatic heterocycles. The lowest BCUT2D eigenvalue weighted by atomic mass is 9.92. The molecule has 12 heavy (non-hydrogen) atoms. The van der Waals surface area contributed by atoms with Gasteiger partial charge < -0.3 is 10.5 Å². The van der Waals surface area contributed by atoms with Crippen LogP contribution in [0.3, 0.4) is 0 Å². The Morgan fingerprint density at radius 1 is 1.25 bits per heavy atom. The molecule has 0 aliphatic heterocycles. The molecule has 0 spiro atoms. The first-order valence-corrected chi connectivity index (χ1v) is 4.33. The lowest BCUT2D eigenvalue weighted by Gasteiger charge is -2.33. The van der Waals surface area contributed by atoms with E-state index < -0.39 is 18.8 Å². The van der Waals surface area contributed by atoms with Gasteiger partial charge in [0.1, 0.15) is 12.3 Å². The van der Waals surface area contributed by atoms with Gasteiger partial charge in [0, 0.05) is 0 Å². The number of alkyl halides is 2.